The first-order chi connectivity index (χ1) is 7.13. The van der Waals surface area contributed by atoms with Crippen LogP contribution in [0.4, 0.5) is 13.2 Å². The second-order valence-electron chi connectivity index (χ2n) is 2.74. The number of pyridine rings is 1. The molecule has 0 aromatic carbocycles. The molecule has 0 aliphatic carbocycles. The van der Waals surface area contributed by atoms with Crippen LogP contribution in [0.25, 0.3) is 0 Å². The van der Waals surface area contributed by atoms with Gasteiger partial charge in [-0.25, -0.2) is 4.98 Å². The van der Waals surface area contributed by atoms with Gasteiger partial charge in [-0.15, -0.1) is 0 Å². The molecule has 0 saturated carbocycles. The Bertz CT molecular complexity index is 500. The zero-order valence-corrected chi connectivity index (χ0v) is 9.32. The van der Waals surface area contributed by atoms with Gasteiger partial charge in [-0.3, -0.25) is 0 Å². The molecule has 90 valence electrons. The summed E-state index contributed by atoms with van der Waals surface area (Å²) in [6.07, 6.45) is 0. The highest BCUT2D eigenvalue weighted by molar-refractivity contribution is 7.87. The van der Waals surface area contributed by atoms with Gasteiger partial charge >= 0.3 is 15.6 Å². The molecular formula is C7H5ClF3NO3S. The van der Waals surface area contributed by atoms with E-state index < -0.39 is 21.5 Å². The smallest absolute Gasteiger partial charge is 0.355 e. The molecule has 1 rings (SSSR count). The van der Waals surface area contributed by atoms with Crippen molar-refractivity contribution in [2.45, 2.75) is 12.4 Å². The Balaban J connectivity index is 3.03. The Morgan fingerprint density at radius 3 is 2.38 bits per heavy atom. The van der Waals surface area contributed by atoms with Gasteiger partial charge < -0.3 is 4.18 Å². The maximum Gasteiger partial charge on any atom is 0.534 e. The van der Waals surface area contributed by atoms with Crippen LogP contribution in [0.15, 0.2) is 12.1 Å². The van der Waals surface area contributed by atoms with Crippen LogP contribution in [-0.4, -0.2) is 18.9 Å². The van der Waals surface area contributed by atoms with Crippen LogP contribution < -0.4 is 4.18 Å². The molecule has 1 aromatic heterocycles. The normalized spacial score (nSPS) is 12.6. The van der Waals surface area contributed by atoms with E-state index in [1.54, 1.807) is 6.92 Å². The summed E-state index contributed by atoms with van der Waals surface area (Å²) in [4.78, 5) is 3.34. The van der Waals surface area contributed by atoms with Crippen molar-refractivity contribution in [1.29, 1.82) is 0 Å². The van der Waals surface area contributed by atoms with E-state index >= 15 is 0 Å². The van der Waals surface area contributed by atoms with Crippen LogP contribution in [0.3, 0.4) is 0 Å². The number of aryl methyl sites for hydroxylation is 1. The minimum absolute atomic E-state index is 0.130. The Morgan fingerprint density at radius 1 is 1.38 bits per heavy atom. The number of alkyl halides is 3. The molecule has 0 atom stereocenters. The van der Waals surface area contributed by atoms with Crippen LogP contribution in [0, 0.1) is 6.92 Å². The standard InChI is InChI=1S/C7H5ClF3NO3S/c1-4-2-3-5(12-6(4)8)15-16(13,14)7(9,10)11/h2-3H,1H3. The van der Waals surface area contributed by atoms with Crippen molar-refractivity contribution in [3.8, 4) is 5.88 Å². The zero-order chi connectivity index (χ0) is 12.6. The van der Waals surface area contributed by atoms with Crippen molar-refractivity contribution >= 4 is 21.7 Å². The molecule has 0 spiro atoms. The number of hydrogen-bond donors (Lipinski definition) is 0. The third-order valence-electron chi connectivity index (χ3n) is 1.49. The van der Waals surface area contributed by atoms with E-state index in [0.717, 1.165) is 6.07 Å². The lowest BCUT2D eigenvalue weighted by Crippen LogP contribution is -2.28. The summed E-state index contributed by atoms with van der Waals surface area (Å²) in [6, 6.07) is 2.26. The van der Waals surface area contributed by atoms with E-state index in [2.05, 4.69) is 9.17 Å². The SMILES string of the molecule is Cc1ccc(OS(=O)(=O)C(F)(F)F)nc1Cl. The fourth-order valence-corrected chi connectivity index (χ4v) is 1.25. The summed E-state index contributed by atoms with van der Waals surface area (Å²) in [7, 11) is -5.70. The molecule has 9 heteroatoms. The average Bonchev–Trinajstić information content (AvgIpc) is 2.09. The van der Waals surface area contributed by atoms with Gasteiger partial charge in [0.25, 0.3) is 0 Å². The number of halogens is 4. The summed E-state index contributed by atoms with van der Waals surface area (Å²) in [5.74, 6) is -0.729. The Labute approximate surface area is 94.1 Å². The van der Waals surface area contributed by atoms with E-state index in [1.165, 1.54) is 6.07 Å². The highest BCUT2D eigenvalue weighted by atomic mass is 35.5. The molecule has 0 bridgehead atoms. The van der Waals surface area contributed by atoms with E-state index in [0.29, 0.717) is 5.56 Å². The van der Waals surface area contributed by atoms with Gasteiger partial charge in [-0.05, 0) is 12.5 Å². The van der Waals surface area contributed by atoms with Crippen molar-refractivity contribution in [2.24, 2.45) is 0 Å². The maximum atomic E-state index is 11.9. The predicted molar refractivity (Wildman–Crippen MR) is 49.6 cm³/mol. The monoisotopic (exact) mass is 275 g/mol. The highest BCUT2D eigenvalue weighted by Crippen LogP contribution is 2.27. The lowest BCUT2D eigenvalue weighted by molar-refractivity contribution is -0.0501. The average molecular weight is 276 g/mol. The molecule has 16 heavy (non-hydrogen) atoms. The van der Waals surface area contributed by atoms with E-state index in [4.69, 9.17) is 11.6 Å². The second kappa shape index (κ2) is 4.10. The van der Waals surface area contributed by atoms with Gasteiger partial charge in [0.1, 0.15) is 5.15 Å². The van der Waals surface area contributed by atoms with Gasteiger partial charge in [-0.1, -0.05) is 17.7 Å². The molecule has 0 N–H and O–H groups in total. The van der Waals surface area contributed by atoms with Gasteiger partial charge in [0.05, 0.1) is 0 Å². The van der Waals surface area contributed by atoms with Crippen LogP contribution in [0.5, 0.6) is 5.88 Å². The molecule has 1 heterocycles. The number of nitrogens with zero attached hydrogens (tertiary/aromatic N) is 1. The fraction of sp³-hybridized carbons (Fsp3) is 0.286. The predicted octanol–water partition coefficient (Wildman–Crippen LogP) is 2.27. The molecule has 0 aliphatic heterocycles. The van der Waals surface area contributed by atoms with Crippen molar-refractivity contribution in [3.05, 3.63) is 22.8 Å². The number of rotatable bonds is 2. The minimum atomic E-state index is -5.70. The maximum absolute atomic E-state index is 11.9. The molecular weight excluding hydrogens is 271 g/mol. The molecule has 0 unspecified atom stereocenters. The second-order valence-corrected chi connectivity index (χ2v) is 4.64. The van der Waals surface area contributed by atoms with Crippen molar-refractivity contribution in [1.82, 2.24) is 4.98 Å². The molecule has 0 aliphatic rings. The van der Waals surface area contributed by atoms with E-state index in [-0.39, 0.29) is 5.15 Å². The Morgan fingerprint density at radius 2 is 1.94 bits per heavy atom. The summed E-state index contributed by atoms with van der Waals surface area (Å²) < 4.78 is 60.7. The molecule has 0 fully saturated rings. The summed E-state index contributed by atoms with van der Waals surface area (Å²) in [5, 5.41) is -0.130. The molecule has 0 saturated heterocycles. The van der Waals surface area contributed by atoms with Gasteiger partial charge in [-0.2, -0.15) is 21.6 Å². The van der Waals surface area contributed by atoms with Gasteiger partial charge in [0.15, 0.2) is 0 Å². The topological polar surface area (TPSA) is 56.3 Å². The third kappa shape index (κ3) is 2.76. The lowest BCUT2D eigenvalue weighted by atomic mass is 10.3. The molecule has 1 aromatic rings. The largest absolute Gasteiger partial charge is 0.534 e. The van der Waals surface area contributed by atoms with Crippen LogP contribution in [-0.2, 0) is 10.1 Å². The number of hydrogen-bond acceptors (Lipinski definition) is 4. The Hall–Kier alpha value is -1.02. The van der Waals surface area contributed by atoms with Crippen molar-refractivity contribution in [2.75, 3.05) is 0 Å². The highest BCUT2D eigenvalue weighted by Gasteiger charge is 2.48. The van der Waals surface area contributed by atoms with E-state index in [1.807, 2.05) is 0 Å². The van der Waals surface area contributed by atoms with Gasteiger partial charge in [0, 0.05) is 6.07 Å². The zero-order valence-electron chi connectivity index (χ0n) is 7.75. The number of aromatic nitrogens is 1. The first-order valence-electron chi connectivity index (χ1n) is 3.77. The quantitative estimate of drug-likeness (QED) is 0.472. The first-order valence-corrected chi connectivity index (χ1v) is 5.56. The molecule has 0 amide bonds. The van der Waals surface area contributed by atoms with Crippen LogP contribution in [0.1, 0.15) is 5.56 Å². The van der Waals surface area contributed by atoms with Crippen LogP contribution >= 0.6 is 11.6 Å². The molecule has 4 nitrogen and oxygen atoms in total. The van der Waals surface area contributed by atoms with E-state index in [9.17, 15) is 21.6 Å². The first kappa shape index (κ1) is 13.0. The Kier molecular flexibility index (Phi) is 3.34. The van der Waals surface area contributed by atoms with Crippen molar-refractivity contribution < 1.29 is 25.8 Å². The molecule has 0 radical (unpaired) electrons. The minimum Gasteiger partial charge on any atom is -0.355 e. The fourth-order valence-electron chi connectivity index (χ4n) is 0.693. The third-order valence-corrected chi connectivity index (χ3v) is 2.83. The van der Waals surface area contributed by atoms with Crippen molar-refractivity contribution in [3.63, 3.8) is 0 Å². The summed E-state index contributed by atoms with van der Waals surface area (Å²) in [6.45, 7) is 1.55. The van der Waals surface area contributed by atoms with Gasteiger partial charge in [0.2, 0.25) is 5.88 Å². The lowest BCUT2D eigenvalue weighted by Gasteiger charge is -2.08. The summed E-state index contributed by atoms with van der Waals surface area (Å²) in [5.41, 5.74) is -5.01. The summed E-state index contributed by atoms with van der Waals surface area (Å²) >= 11 is 5.49. The van der Waals surface area contributed by atoms with Crippen LogP contribution in [0.2, 0.25) is 5.15 Å².